The van der Waals surface area contributed by atoms with E-state index in [0.717, 1.165) is 0 Å². The molecule has 1 N–H and O–H groups in total. The number of allylic oxidation sites excluding steroid dienone is 1. The van der Waals surface area contributed by atoms with E-state index in [4.69, 9.17) is 11.6 Å². The summed E-state index contributed by atoms with van der Waals surface area (Å²) < 4.78 is 37.5. The molecule has 114 valence electrons. The highest BCUT2D eigenvalue weighted by molar-refractivity contribution is 6.30. The Kier molecular flexibility index (Phi) is 4.88. The van der Waals surface area contributed by atoms with Crippen molar-refractivity contribution >= 4 is 28.8 Å². The Balaban J connectivity index is 2.38. The van der Waals surface area contributed by atoms with E-state index in [-0.39, 0.29) is 5.70 Å². The first-order chi connectivity index (χ1) is 10.4. The molecule has 0 atom stereocenters. The van der Waals surface area contributed by atoms with Crippen LogP contribution in [-0.4, -0.2) is 12.0 Å². The van der Waals surface area contributed by atoms with Crippen molar-refractivity contribution in [2.24, 2.45) is 0 Å². The third-order valence-corrected chi connectivity index (χ3v) is 2.98. The summed E-state index contributed by atoms with van der Waals surface area (Å²) >= 11 is 5.85. The number of ketones is 1. The molecular weight excluding hydrogens is 315 g/mol. The quantitative estimate of drug-likeness (QED) is 0.808. The van der Waals surface area contributed by atoms with Crippen molar-refractivity contribution in [2.45, 2.75) is 6.18 Å². The summed E-state index contributed by atoms with van der Waals surface area (Å²) in [5, 5.41) is 3.23. The first-order valence-electron chi connectivity index (χ1n) is 6.27. The van der Waals surface area contributed by atoms with Crippen LogP contribution in [0.3, 0.4) is 0 Å². The lowest BCUT2D eigenvalue weighted by molar-refractivity contribution is -0.165. The predicted molar refractivity (Wildman–Crippen MR) is 80.6 cm³/mol. The molecule has 0 bridgehead atoms. The Morgan fingerprint density at radius 1 is 1.05 bits per heavy atom. The summed E-state index contributed by atoms with van der Waals surface area (Å²) in [7, 11) is 0. The highest BCUT2D eigenvalue weighted by atomic mass is 35.5. The Hall–Kier alpha value is -2.27. The van der Waals surface area contributed by atoms with Gasteiger partial charge in [-0.2, -0.15) is 13.2 Å². The highest BCUT2D eigenvalue weighted by Crippen LogP contribution is 2.24. The van der Waals surface area contributed by atoms with Gasteiger partial charge in [0.25, 0.3) is 5.78 Å². The molecule has 0 spiro atoms. The number of alkyl halides is 3. The number of benzene rings is 2. The van der Waals surface area contributed by atoms with E-state index in [0.29, 0.717) is 22.3 Å². The summed E-state index contributed by atoms with van der Waals surface area (Å²) in [5.74, 6) is -1.93. The zero-order valence-corrected chi connectivity index (χ0v) is 11.9. The fourth-order valence-corrected chi connectivity index (χ4v) is 1.93. The normalized spacial score (nSPS) is 12.1. The van der Waals surface area contributed by atoms with Crippen LogP contribution in [0, 0.1) is 0 Å². The van der Waals surface area contributed by atoms with Crippen molar-refractivity contribution in [1.29, 1.82) is 0 Å². The van der Waals surface area contributed by atoms with Gasteiger partial charge in [-0.05, 0) is 23.8 Å². The van der Waals surface area contributed by atoms with Crippen molar-refractivity contribution in [3.05, 3.63) is 71.3 Å². The van der Waals surface area contributed by atoms with Crippen molar-refractivity contribution in [2.75, 3.05) is 5.32 Å². The summed E-state index contributed by atoms with van der Waals surface area (Å²) in [6.45, 7) is 0. The maximum absolute atomic E-state index is 12.5. The van der Waals surface area contributed by atoms with Crippen molar-refractivity contribution in [3.63, 3.8) is 0 Å². The lowest BCUT2D eigenvalue weighted by Gasteiger charge is -2.12. The van der Waals surface area contributed by atoms with Crippen molar-refractivity contribution in [1.82, 2.24) is 0 Å². The van der Waals surface area contributed by atoms with E-state index in [1.165, 1.54) is 0 Å². The standard InChI is InChI=1S/C16H11ClF3NO/c17-12-7-4-8-13(9-12)21-14(10-15(22)16(18,19)20)11-5-2-1-3-6-11/h1-10,21H. The zero-order valence-electron chi connectivity index (χ0n) is 11.2. The van der Waals surface area contributed by atoms with Crippen LogP contribution in [0.4, 0.5) is 18.9 Å². The maximum Gasteiger partial charge on any atom is 0.454 e. The van der Waals surface area contributed by atoms with E-state index in [2.05, 4.69) is 5.32 Å². The molecule has 0 aliphatic heterocycles. The molecule has 2 rings (SSSR count). The molecule has 22 heavy (non-hydrogen) atoms. The van der Waals surface area contributed by atoms with E-state index < -0.39 is 12.0 Å². The second-order valence-electron chi connectivity index (χ2n) is 4.42. The van der Waals surface area contributed by atoms with Crippen LogP contribution in [0.25, 0.3) is 5.70 Å². The van der Waals surface area contributed by atoms with Gasteiger partial charge >= 0.3 is 6.18 Å². The minimum atomic E-state index is -4.92. The molecule has 0 saturated carbocycles. The van der Waals surface area contributed by atoms with Crippen LogP contribution in [0.2, 0.25) is 5.02 Å². The number of carbonyl (C=O) groups excluding carboxylic acids is 1. The molecule has 0 unspecified atom stereocenters. The molecule has 2 aromatic carbocycles. The van der Waals surface area contributed by atoms with E-state index in [1.807, 2.05) is 0 Å². The van der Waals surface area contributed by atoms with Gasteiger partial charge in [-0.25, -0.2) is 0 Å². The molecular formula is C16H11ClF3NO. The van der Waals surface area contributed by atoms with Crippen molar-refractivity contribution < 1.29 is 18.0 Å². The number of carbonyl (C=O) groups is 1. The topological polar surface area (TPSA) is 29.1 Å². The average molecular weight is 326 g/mol. The Bertz CT molecular complexity index is 696. The molecule has 2 aromatic rings. The van der Waals surface area contributed by atoms with E-state index >= 15 is 0 Å². The van der Waals surface area contributed by atoms with Gasteiger partial charge in [0.1, 0.15) is 0 Å². The number of hydrogen-bond acceptors (Lipinski definition) is 2. The molecule has 2 nitrogen and oxygen atoms in total. The molecule has 0 aliphatic carbocycles. The predicted octanol–water partition coefficient (Wildman–Crippen LogP) is 4.92. The average Bonchev–Trinajstić information content (AvgIpc) is 2.46. The monoisotopic (exact) mass is 325 g/mol. The summed E-state index contributed by atoms with van der Waals surface area (Å²) in [5.41, 5.74) is 0.989. The molecule has 0 saturated heterocycles. The van der Waals surface area contributed by atoms with Gasteiger partial charge < -0.3 is 5.32 Å². The molecule has 0 aliphatic rings. The fourth-order valence-electron chi connectivity index (χ4n) is 1.74. The Morgan fingerprint density at radius 3 is 2.32 bits per heavy atom. The third-order valence-electron chi connectivity index (χ3n) is 2.74. The SMILES string of the molecule is O=C(C=C(Nc1cccc(Cl)c1)c1ccccc1)C(F)(F)F. The zero-order chi connectivity index (χ0) is 16.2. The van der Waals surface area contributed by atoms with Crippen LogP contribution in [0.5, 0.6) is 0 Å². The van der Waals surface area contributed by atoms with Crippen LogP contribution in [0.1, 0.15) is 5.56 Å². The van der Waals surface area contributed by atoms with Gasteiger partial charge in [0.05, 0.1) is 0 Å². The first-order valence-corrected chi connectivity index (χ1v) is 6.65. The van der Waals surface area contributed by atoms with Crippen LogP contribution in [0.15, 0.2) is 60.7 Å². The number of hydrogen-bond donors (Lipinski definition) is 1. The molecule has 0 heterocycles. The molecule has 0 fully saturated rings. The minimum Gasteiger partial charge on any atom is -0.355 e. The fraction of sp³-hybridized carbons (Fsp3) is 0.0625. The van der Waals surface area contributed by atoms with Crippen LogP contribution >= 0.6 is 11.6 Å². The largest absolute Gasteiger partial charge is 0.454 e. The van der Waals surface area contributed by atoms with Gasteiger partial charge in [-0.15, -0.1) is 0 Å². The van der Waals surface area contributed by atoms with E-state index in [1.54, 1.807) is 54.6 Å². The highest BCUT2D eigenvalue weighted by Gasteiger charge is 2.36. The van der Waals surface area contributed by atoms with Gasteiger partial charge in [0, 0.05) is 22.5 Å². The summed E-state index contributed by atoms with van der Waals surface area (Å²) in [6.07, 6.45) is -4.38. The number of rotatable bonds is 4. The van der Waals surface area contributed by atoms with Crippen molar-refractivity contribution in [3.8, 4) is 0 Å². The Morgan fingerprint density at radius 2 is 1.73 bits per heavy atom. The summed E-state index contributed by atoms with van der Waals surface area (Å²) in [4.78, 5) is 11.2. The van der Waals surface area contributed by atoms with Gasteiger partial charge in [0.2, 0.25) is 0 Å². The molecule has 0 amide bonds. The Labute approximate surface area is 130 Å². The van der Waals surface area contributed by atoms with Gasteiger partial charge in [-0.1, -0.05) is 48.0 Å². The molecule has 0 aromatic heterocycles. The minimum absolute atomic E-state index is 0.0465. The maximum atomic E-state index is 12.5. The number of anilines is 1. The third kappa shape index (κ3) is 4.36. The van der Waals surface area contributed by atoms with E-state index in [9.17, 15) is 18.0 Å². The molecule has 0 radical (unpaired) electrons. The van der Waals surface area contributed by atoms with Gasteiger partial charge in [0.15, 0.2) is 0 Å². The number of halogens is 4. The van der Waals surface area contributed by atoms with Crippen LogP contribution < -0.4 is 5.32 Å². The second-order valence-corrected chi connectivity index (χ2v) is 4.86. The molecule has 6 heteroatoms. The lowest BCUT2D eigenvalue weighted by atomic mass is 10.1. The lowest BCUT2D eigenvalue weighted by Crippen LogP contribution is -2.21. The number of nitrogens with one attached hydrogen (secondary N) is 1. The summed E-state index contributed by atoms with van der Waals surface area (Å²) in [6, 6.07) is 14.8. The smallest absolute Gasteiger partial charge is 0.355 e. The first kappa shape index (κ1) is 16.1. The van der Waals surface area contributed by atoms with Gasteiger partial charge in [-0.3, -0.25) is 4.79 Å². The second kappa shape index (κ2) is 6.66. The van der Waals surface area contributed by atoms with Crippen LogP contribution in [-0.2, 0) is 4.79 Å².